The molecule has 0 aromatic carbocycles. The van der Waals surface area contributed by atoms with E-state index >= 15 is 0 Å². The average molecular weight is 821 g/mol. The number of hydrogen-bond acceptors (Lipinski definition) is 8. The van der Waals surface area contributed by atoms with Crippen molar-refractivity contribution in [2.75, 3.05) is 36.0 Å². The molecule has 4 atom stereocenters. The summed E-state index contributed by atoms with van der Waals surface area (Å²) in [5.74, 6) is -0.184. The van der Waals surface area contributed by atoms with Gasteiger partial charge in [0.1, 0.15) is 11.6 Å². The zero-order valence-electron chi connectivity index (χ0n) is 35.1. The number of hydrogen-bond donors (Lipinski definition) is 4. The van der Waals surface area contributed by atoms with E-state index in [1.54, 1.807) is 0 Å². The summed E-state index contributed by atoms with van der Waals surface area (Å²) in [7, 11) is 0. The molecule has 0 spiro atoms. The Kier molecular flexibility index (Phi) is 11.0. The smallest absolute Gasteiger partial charge is 0.307 e. The summed E-state index contributed by atoms with van der Waals surface area (Å²) in [6.45, 7) is 2.22. The second kappa shape index (κ2) is 16.6. The van der Waals surface area contributed by atoms with E-state index in [-0.39, 0.29) is 47.6 Å². The van der Waals surface area contributed by atoms with Crippen LogP contribution in [0, 0.1) is 47.3 Å². The quantitative estimate of drug-likeness (QED) is 0.160. The minimum absolute atomic E-state index is 0.00299. The van der Waals surface area contributed by atoms with Gasteiger partial charge < -0.3 is 30.6 Å². The van der Waals surface area contributed by atoms with Gasteiger partial charge in [-0.15, -0.1) is 0 Å². The summed E-state index contributed by atoms with van der Waals surface area (Å²) in [5.41, 5.74) is 3.01. The highest BCUT2D eigenvalue weighted by Crippen LogP contribution is 2.54. The van der Waals surface area contributed by atoms with Gasteiger partial charge in [0.15, 0.2) is 0 Å². The lowest BCUT2D eigenvalue weighted by atomic mass is 9.54. The van der Waals surface area contributed by atoms with E-state index in [4.69, 9.17) is 9.97 Å². The number of carbonyl (C=O) groups is 4. The van der Waals surface area contributed by atoms with Crippen LogP contribution in [-0.4, -0.2) is 82.2 Å². The number of pyridine rings is 2. The Morgan fingerprint density at radius 1 is 0.567 bits per heavy atom. The molecule has 4 N–H and O–H groups in total. The van der Waals surface area contributed by atoms with Crippen molar-refractivity contribution in [1.82, 2.24) is 20.6 Å². The molecule has 9 aliphatic rings. The Morgan fingerprint density at radius 2 is 1.03 bits per heavy atom. The molecular formula is C48H64N6O6. The maximum atomic E-state index is 13.9. The fourth-order valence-electron chi connectivity index (χ4n) is 13.2. The molecule has 4 heterocycles. The molecule has 12 nitrogen and oxygen atoms in total. The number of carbonyl (C=O) groups excluding carboxylic acids is 2. The van der Waals surface area contributed by atoms with Crippen LogP contribution in [0.3, 0.4) is 0 Å². The van der Waals surface area contributed by atoms with E-state index in [0.29, 0.717) is 62.0 Å². The van der Waals surface area contributed by atoms with Gasteiger partial charge >= 0.3 is 11.9 Å². The number of aliphatic carboxylic acids is 2. The van der Waals surface area contributed by atoms with Crippen molar-refractivity contribution in [3.05, 3.63) is 46.8 Å². The van der Waals surface area contributed by atoms with Crippen LogP contribution in [0.15, 0.2) is 24.3 Å². The maximum Gasteiger partial charge on any atom is 0.307 e. The van der Waals surface area contributed by atoms with Crippen molar-refractivity contribution in [2.24, 2.45) is 47.3 Å². The molecular weight excluding hydrogens is 757 g/mol. The predicted molar refractivity (Wildman–Crippen MR) is 227 cm³/mol. The number of piperidine rings is 2. The molecule has 322 valence electrons. The van der Waals surface area contributed by atoms with Crippen LogP contribution >= 0.6 is 0 Å². The molecule has 2 amide bonds. The number of nitrogens with zero attached hydrogens (tertiary/aromatic N) is 4. The van der Waals surface area contributed by atoms with Crippen molar-refractivity contribution in [1.29, 1.82) is 0 Å². The van der Waals surface area contributed by atoms with Gasteiger partial charge in [0.05, 0.1) is 34.4 Å². The summed E-state index contributed by atoms with van der Waals surface area (Å²) in [5, 5.41) is 28.4. The molecule has 2 saturated heterocycles. The minimum atomic E-state index is -1.06. The highest BCUT2D eigenvalue weighted by atomic mass is 16.4. The first-order valence-corrected chi connectivity index (χ1v) is 23.8. The fourth-order valence-corrected chi connectivity index (χ4v) is 13.2. The van der Waals surface area contributed by atoms with Crippen LogP contribution in [0.25, 0.3) is 0 Å². The zero-order valence-corrected chi connectivity index (χ0v) is 35.1. The number of carboxylic acids is 2. The van der Waals surface area contributed by atoms with Crippen LogP contribution in [0.1, 0.15) is 160 Å². The van der Waals surface area contributed by atoms with Gasteiger partial charge in [0, 0.05) is 50.1 Å². The molecule has 2 aliphatic heterocycles. The van der Waals surface area contributed by atoms with Gasteiger partial charge in [-0.2, -0.15) is 0 Å². The molecule has 7 aliphatic carbocycles. The molecule has 2 aromatic rings. The molecule has 4 bridgehead atoms. The number of nitrogens with one attached hydrogen (secondary N) is 2. The van der Waals surface area contributed by atoms with Crippen LogP contribution in [0.2, 0.25) is 0 Å². The highest BCUT2D eigenvalue weighted by Gasteiger charge is 2.50. The van der Waals surface area contributed by atoms with Crippen LogP contribution in [0.4, 0.5) is 11.6 Å². The first-order chi connectivity index (χ1) is 29.2. The Labute approximate surface area is 354 Å². The van der Waals surface area contributed by atoms with E-state index in [1.807, 2.05) is 24.3 Å². The summed E-state index contributed by atoms with van der Waals surface area (Å²) in [6, 6.07) is 8.12. The molecule has 9 fully saturated rings. The Balaban J connectivity index is 0.836. The van der Waals surface area contributed by atoms with E-state index < -0.39 is 23.8 Å². The van der Waals surface area contributed by atoms with Crippen LogP contribution < -0.4 is 20.4 Å². The first-order valence-electron chi connectivity index (χ1n) is 23.8. The zero-order chi connectivity index (χ0) is 41.1. The van der Waals surface area contributed by atoms with Gasteiger partial charge in [-0.05, 0) is 156 Å². The SMILES string of the molecule is O=C(NC1CCCCC1)c1ccc(N2CCC[C@@H](C(C(=O)O)C(C(=O)O)[C@@H]3CCCN(c4ccc(C(=O)NC5C6CC7CC(C6)CC5C7)c(C5CC5)n4)C3)C2)nc1C1CC1. The molecule has 12 heteroatoms. The number of amides is 2. The van der Waals surface area contributed by atoms with Crippen molar-refractivity contribution in [3.8, 4) is 0 Å². The fraction of sp³-hybridized carbons (Fsp3) is 0.708. The first kappa shape index (κ1) is 39.9. The standard InChI is InChI=1S/C48H64N6O6/c55-45(49-35-8-2-1-3-9-35)36-14-16-38(50-43(36)29-10-11-29)53-18-4-6-31(25-53)40(47(57)58)41(48(59)60)32-7-5-19-54(26-32)39-17-15-37(44(51-39)30-12-13-30)46(56)52-42-33-21-27-20-28(23-33)24-34(42)22-27/h14-17,27-35,40-42H,1-13,18-26H2,(H,49,55)(H,52,56)(H,57,58)(H,59,60)/t27?,28?,31-,32-,33?,34?,40?,41?,42?/m1/s1. The van der Waals surface area contributed by atoms with Gasteiger partial charge in [-0.3, -0.25) is 19.2 Å². The van der Waals surface area contributed by atoms with Gasteiger partial charge in [-0.25, -0.2) is 9.97 Å². The number of rotatable bonds is 13. The Bertz CT molecular complexity index is 1950. The molecule has 0 radical (unpaired) electrons. The van der Waals surface area contributed by atoms with E-state index in [2.05, 4.69) is 20.4 Å². The van der Waals surface area contributed by atoms with Gasteiger partial charge in [0.2, 0.25) is 0 Å². The number of carboxylic acid groups (broad SMARTS) is 2. The lowest BCUT2D eigenvalue weighted by Gasteiger charge is -2.54. The van der Waals surface area contributed by atoms with Crippen molar-refractivity contribution in [2.45, 2.75) is 139 Å². The Morgan fingerprint density at radius 3 is 1.48 bits per heavy atom. The monoisotopic (exact) mass is 820 g/mol. The maximum absolute atomic E-state index is 13.9. The minimum Gasteiger partial charge on any atom is -0.481 e. The van der Waals surface area contributed by atoms with E-state index in [0.717, 1.165) is 99.1 Å². The second-order valence-corrected chi connectivity index (χ2v) is 20.4. The normalized spacial score (nSPS) is 31.4. The Hall–Kier alpha value is -4.22. The molecule has 7 saturated carbocycles. The highest BCUT2D eigenvalue weighted by molar-refractivity contribution is 5.96. The van der Waals surface area contributed by atoms with Crippen LogP contribution in [0.5, 0.6) is 0 Å². The number of anilines is 2. The third kappa shape index (κ3) is 8.13. The number of aromatic nitrogens is 2. The van der Waals surface area contributed by atoms with Gasteiger partial charge in [0.25, 0.3) is 11.8 Å². The van der Waals surface area contributed by atoms with Crippen molar-refractivity contribution in [3.63, 3.8) is 0 Å². The largest absolute Gasteiger partial charge is 0.481 e. The van der Waals surface area contributed by atoms with E-state index in [9.17, 15) is 29.4 Å². The predicted octanol–water partition coefficient (Wildman–Crippen LogP) is 7.38. The van der Waals surface area contributed by atoms with Crippen LogP contribution in [-0.2, 0) is 9.59 Å². The van der Waals surface area contributed by atoms with Crippen molar-refractivity contribution >= 4 is 35.4 Å². The third-order valence-corrected chi connectivity index (χ3v) is 16.2. The molecule has 60 heavy (non-hydrogen) atoms. The lowest BCUT2D eigenvalue weighted by molar-refractivity contribution is -0.159. The average Bonchev–Trinajstić information content (AvgIpc) is 4.19. The summed E-state index contributed by atoms with van der Waals surface area (Å²) < 4.78 is 0. The second-order valence-electron chi connectivity index (χ2n) is 20.4. The summed E-state index contributed by atoms with van der Waals surface area (Å²) in [6.07, 6.45) is 18.6. The summed E-state index contributed by atoms with van der Waals surface area (Å²) in [4.78, 5) is 68.4. The lowest BCUT2D eigenvalue weighted by Crippen LogP contribution is -2.55. The van der Waals surface area contributed by atoms with E-state index in [1.165, 1.54) is 38.5 Å². The topological polar surface area (TPSA) is 165 Å². The molecule has 11 rings (SSSR count). The van der Waals surface area contributed by atoms with Crippen molar-refractivity contribution < 1.29 is 29.4 Å². The molecule has 2 unspecified atom stereocenters. The van der Waals surface area contributed by atoms with Gasteiger partial charge in [-0.1, -0.05) is 19.3 Å². The third-order valence-electron chi connectivity index (χ3n) is 16.2. The summed E-state index contributed by atoms with van der Waals surface area (Å²) >= 11 is 0. The molecule has 2 aromatic heterocycles.